The van der Waals surface area contributed by atoms with Gasteiger partial charge in [-0.05, 0) is 42.9 Å². The number of hydrogen-bond acceptors (Lipinski definition) is 4. The highest BCUT2D eigenvalue weighted by Crippen LogP contribution is 2.41. The van der Waals surface area contributed by atoms with E-state index in [4.69, 9.17) is 0 Å². The maximum absolute atomic E-state index is 13.5. The molecule has 0 atom stereocenters. The summed E-state index contributed by atoms with van der Waals surface area (Å²) in [5.74, 6) is -1.01. The highest BCUT2D eigenvalue weighted by Gasteiger charge is 2.31. The summed E-state index contributed by atoms with van der Waals surface area (Å²) < 4.78 is 30.8. The van der Waals surface area contributed by atoms with Gasteiger partial charge in [-0.1, -0.05) is 10.6 Å². The first-order valence-corrected chi connectivity index (χ1v) is 7.22. The number of rotatable bonds is 5. The molecule has 0 aliphatic heterocycles. The predicted molar refractivity (Wildman–Crippen MR) is 70.9 cm³/mol. The van der Waals surface area contributed by atoms with E-state index in [1.807, 2.05) is 0 Å². The Hall–Kier alpha value is -1.69. The molecule has 1 fully saturated rings. The van der Waals surface area contributed by atoms with Crippen LogP contribution in [-0.2, 0) is 6.42 Å². The second-order valence-corrected chi connectivity index (χ2v) is 5.64. The van der Waals surface area contributed by atoms with Gasteiger partial charge in [0.2, 0.25) is 0 Å². The monoisotopic (exact) mass is 294 g/mol. The summed E-state index contributed by atoms with van der Waals surface area (Å²) in [6, 6.07) is 3.72. The van der Waals surface area contributed by atoms with Crippen LogP contribution in [0.5, 0.6) is 0 Å². The summed E-state index contributed by atoms with van der Waals surface area (Å²) in [7, 11) is 0. The van der Waals surface area contributed by atoms with Crippen molar-refractivity contribution < 1.29 is 13.6 Å². The quantitative estimate of drug-likeness (QED) is 0.793. The average Bonchev–Trinajstić information content (AvgIpc) is 3.15. The lowest BCUT2D eigenvalue weighted by Gasteiger charge is -2.04. The summed E-state index contributed by atoms with van der Waals surface area (Å²) in [6.07, 6.45) is 2.20. The maximum atomic E-state index is 13.5. The fourth-order valence-electron chi connectivity index (χ4n) is 2.14. The lowest BCUT2D eigenvalue weighted by Crippen LogP contribution is -2.04. The summed E-state index contributed by atoms with van der Waals surface area (Å²) in [5.41, 5.74) is 0.723. The van der Waals surface area contributed by atoms with Gasteiger partial charge in [-0.2, -0.15) is 0 Å². The van der Waals surface area contributed by atoms with Crippen LogP contribution >= 0.6 is 11.5 Å². The third-order valence-corrected chi connectivity index (χ3v) is 4.18. The molecule has 1 aliphatic rings. The summed E-state index contributed by atoms with van der Waals surface area (Å²) in [6.45, 7) is 0. The van der Waals surface area contributed by atoms with Crippen molar-refractivity contribution in [3.05, 3.63) is 46.0 Å². The molecule has 0 bridgehead atoms. The lowest BCUT2D eigenvalue weighted by molar-refractivity contribution is 0.0985. The van der Waals surface area contributed by atoms with E-state index < -0.39 is 11.6 Å². The van der Waals surface area contributed by atoms with Gasteiger partial charge in [0.1, 0.15) is 16.5 Å². The molecule has 1 heterocycles. The highest BCUT2D eigenvalue weighted by atomic mass is 32.1. The molecule has 2 aromatic rings. The fraction of sp³-hybridized carbons (Fsp3) is 0.357. The van der Waals surface area contributed by atoms with Crippen molar-refractivity contribution >= 4 is 17.3 Å². The molecule has 20 heavy (non-hydrogen) atoms. The lowest BCUT2D eigenvalue weighted by atomic mass is 10.0. The molecular weight excluding hydrogens is 282 g/mol. The van der Waals surface area contributed by atoms with E-state index in [0.717, 1.165) is 30.1 Å². The molecule has 0 spiro atoms. The fourth-order valence-corrected chi connectivity index (χ4v) is 2.85. The Morgan fingerprint density at radius 3 is 2.65 bits per heavy atom. The molecule has 0 N–H and O–H groups in total. The van der Waals surface area contributed by atoms with Crippen LogP contribution in [0.3, 0.4) is 0 Å². The molecule has 0 saturated heterocycles. The molecule has 1 aliphatic carbocycles. The Morgan fingerprint density at radius 2 is 2.00 bits per heavy atom. The molecule has 0 radical (unpaired) electrons. The number of halogens is 2. The van der Waals surface area contributed by atoms with Gasteiger partial charge in [0.25, 0.3) is 0 Å². The van der Waals surface area contributed by atoms with E-state index in [-0.39, 0.29) is 24.2 Å². The summed E-state index contributed by atoms with van der Waals surface area (Å²) in [4.78, 5) is 12.7. The third-order valence-electron chi connectivity index (χ3n) is 3.39. The molecule has 1 aromatic carbocycles. The number of carbonyl (C=O) groups excluding carboxylic acids is 1. The second-order valence-electron chi connectivity index (χ2n) is 4.88. The van der Waals surface area contributed by atoms with Crippen LogP contribution in [0.1, 0.15) is 46.1 Å². The zero-order chi connectivity index (χ0) is 14.1. The van der Waals surface area contributed by atoms with Crippen LogP contribution in [-0.4, -0.2) is 15.4 Å². The van der Waals surface area contributed by atoms with Gasteiger partial charge in [-0.3, -0.25) is 4.79 Å². The van der Waals surface area contributed by atoms with Gasteiger partial charge in [-0.15, -0.1) is 5.10 Å². The van der Waals surface area contributed by atoms with Crippen molar-refractivity contribution in [2.45, 2.75) is 31.6 Å². The van der Waals surface area contributed by atoms with Crippen LogP contribution in [0.2, 0.25) is 0 Å². The van der Waals surface area contributed by atoms with E-state index in [1.54, 1.807) is 0 Å². The third kappa shape index (κ3) is 2.60. The van der Waals surface area contributed by atoms with Gasteiger partial charge in [-0.25, -0.2) is 8.78 Å². The van der Waals surface area contributed by atoms with Gasteiger partial charge in [0.15, 0.2) is 5.78 Å². The van der Waals surface area contributed by atoms with Crippen LogP contribution in [0.25, 0.3) is 0 Å². The Balaban J connectivity index is 1.72. The van der Waals surface area contributed by atoms with Crippen molar-refractivity contribution in [3.8, 4) is 0 Å². The van der Waals surface area contributed by atoms with Crippen molar-refractivity contribution in [3.63, 3.8) is 0 Å². The predicted octanol–water partition coefficient (Wildman–Crippen LogP) is 3.51. The first kappa shape index (κ1) is 13.3. The number of nitrogens with zero attached hydrogens (tertiary/aromatic N) is 2. The molecule has 3 nitrogen and oxygen atoms in total. The van der Waals surface area contributed by atoms with Crippen LogP contribution < -0.4 is 0 Å². The maximum Gasteiger partial charge on any atom is 0.176 e. The number of hydrogen-bond donors (Lipinski definition) is 0. The van der Waals surface area contributed by atoms with Gasteiger partial charge >= 0.3 is 0 Å². The smallest absolute Gasteiger partial charge is 0.176 e. The van der Waals surface area contributed by atoms with Crippen molar-refractivity contribution in [1.29, 1.82) is 0 Å². The number of carbonyl (C=O) groups is 1. The molecule has 1 saturated carbocycles. The van der Waals surface area contributed by atoms with Gasteiger partial charge < -0.3 is 0 Å². The number of benzene rings is 1. The number of aromatic nitrogens is 2. The standard InChI is InChI=1S/C14H12F2N2OS/c15-10-2-1-3-11(16)9(10)6-7-12(19)14-13(8-4-5-8)17-18-20-14/h1-3,8H,4-7H2. The molecule has 104 valence electrons. The molecule has 0 unspecified atom stereocenters. The van der Waals surface area contributed by atoms with E-state index in [1.165, 1.54) is 18.2 Å². The van der Waals surface area contributed by atoms with Crippen molar-refractivity contribution in [2.75, 3.05) is 0 Å². The van der Waals surface area contributed by atoms with E-state index in [0.29, 0.717) is 10.8 Å². The minimum absolute atomic E-state index is 0.0358. The van der Waals surface area contributed by atoms with Crippen molar-refractivity contribution in [2.24, 2.45) is 0 Å². The summed E-state index contributed by atoms with van der Waals surface area (Å²) in [5, 5.41) is 3.99. The average molecular weight is 294 g/mol. The molecule has 6 heteroatoms. The van der Waals surface area contributed by atoms with Gasteiger partial charge in [0.05, 0.1) is 5.69 Å². The van der Waals surface area contributed by atoms with Crippen molar-refractivity contribution in [1.82, 2.24) is 9.59 Å². The second kappa shape index (κ2) is 5.36. The zero-order valence-electron chi connectivity index (χ0n) is 10.6. The first-order chi connectivity index (χ1) is 9.66. The molecule has 3 rings (SSSR count). The Morgan fingerprint density at radius 1 is 1.30 bits per heavy atom. The Labute approximate surface area is 118 Å². The van der Waals surface area contributed by atoms with Gasteiger partial charge in [0, 0.05) is 17.9 Å². The summed E-state index contributed by atoms with van der Waals surface area (Å²) >= 11 is 1.07. The number of Topliss-reactive ketones (excluding diaryl/α,β-unsaturated/α-hetero) is 1. The molecule has 0 amide bonds. The minimum Gasteiger partial charge on any atom is -0.293 e. The normalized spacial score (nSPS) is 14.5. The Kier molecular flexibility index (Phi) is 3.56. The number of ketones is 1. The van der Waals surface area contributed by atoms with E-state index in [9.17, 15) is 13.6 Å². The zero-order valence-corrected chi connectivity index (χ0v) is 11.4. The van der Waals surface area contributed by atoms with Crippen LogP contribution in [0.4, 0.5) is 8.78 Å². The SMILES string of the molecule is O=C(CCc1c(F)cccc1F)c1snnc1C1CC1. The van der Waals surface area contributed by atoms with E-state index in [2.05, 4.69) is 9.59 Å². The highest BCUT2D eigenvalue weighted by molar-refractivity contribution is 7.08. The topological polar surface area (TPSA) is 42.9 Å². The Bertz CT molecular complexity index is 632. The largest absolute Gasteiger partial charge is 0.293 e. The minimum atomic E-state index is -0.609. The van der Waals surface area contributed by atoms with E-state index >= 15 is 0 Å². The van der Waals surface area contributed by atoms with Crippen LogP contribution in [0.15, 0.2) is 18.2 Å². The van der Waals surface area contributed by atoms with Crippen LogP contribution in [0, 0.1) is 11.6 Å². The molecule has 1 aromatic heterocycles. The first-order valence-electron chi connectivity index (χ1n) is 6.45. The molecular formula is C14H12F2N2OS.